The topological polar surface area (TPSA) is 96.5 Å². The molecule has 0 spiro atoms. The van der Waals surface area contributed by atoms with E-state index in [1.165, 1.54) is 11.3 Å². The number of benzene rings is 1. The molecule has 1 atom stereocenters. The van der Waals surface area contributed by atoms with Gasteiger partial charge in [0.25, 0.3) is 17.7 Å². The van der Waals surface area contributed by atoms with Crippen molar-refractivity contribution in [2.45, 2.75) is 12.5 Å². The fourth-order valence-electron chi connectivity index (χ4n) is 2.08. The standard InChI is InChI=1S/C18H21N3O4S2/c1-26-11-9-14(17(23)20-21-18(24)15-8-5-10-27-15)19-16(22)12-25-13-6-3-2-4-7-13/h2-8,10,14H,9,11-12H2,1H3,(H,19,22)(H,20,23)(H,21,24)/t14-/m1/s1. The van der Waals surface area contributed by atoms with Crippen LogP contribution in [0.4, 0.5) is 0 Å². The molecule has 1 aromatic heterocycles. The van der Waals surface area contributed by atoms with Crippen LogP contribution in [0.3, 0.4) is 0 Å². The van der Waals surface area contributed by atoms with E-state index in [-0.39, 0.29) is 6.61 Å². The van der Waals surface area contributed by atoms with E-state index in [4.69, 9.17) is 4.74 Å². The second kappa shape index (κ2) is 11.2. The highest BCUT2D eigenvalue weighted by atomic mass is 32.2. The Hall–Kier alpha value is -2.52. The maximum atomic E-state index is 12.3. The molecule has 0 radical (unpaired) electrons. The predicted octanol–water partition coefficient (Wildman–Crippen LogP) is 1.83. The monoisotopic (exact) mass is 407 g/mol. The SMILES string of the molecule is CSCC[C@@H](NC(=O)COc1ccccc1)C(=O)NNC(=O)c1cccs1. The van der Waals surface area contributed by atoms with E-state index < -0.39 is 23.8 Å². The molecule has 3 amide bonds. The summed E-state index contributed by atoms with van der Waals surface area (Å²) in [6, 6.07) is 11.6. The van der Waals surface area contributed by atoms with Crippen molar-refractivity contribution in [3.8, 4) is 5.75 Å². The highest BCUT2D eigenvalue weighted by Crippen LogP contribution is 2.08. The van der Waals surface area contributed by atoms with Crippen molar-refractivity contribution < 1.29 is 19.1 Å². The molecule has 0 aliphatic carbocycles. The molecule has 1 heterocycles. The van der Waals surface area contributed by atoms with Crippen LogP contribution in [0.2, 0.25) is 0 Å². The first-order valence-electron chi connectivity index (χ1n) is 8.20. The van der Waals surface area contributed by atoms with Crippen molar-refractivity contribution in [2.24, 2.45) is 0 Å². The summed E-state index contributed by atoms with van der Waals surface area (Å²) in [5.74, 6) is -0.0510. The van der Waals surface area contributed by atoms with Crippen molar-refractivity contribution in [3.63, 3.8) is 0 Å². The highest BCUT2D eigenvalue weighted by molar-refractivity contribution is 7.98. The molecule has 2 rings (SSSR count). The first-order chi connectivity index (χ1) is 13.1. The molecule has 0 bridgehead atoms. The van der Waals surface area contributed by atoms with Gasteiger partial charge in [0, 0.05) is 0 Å². The Bertz CT molecular complexity index is 738. The van der Waals surface area contributed by atoms with Gasteiger partial charge in [-0.05, 0) is 42.0 Å². The Labute approximate surface area is 165 Å². The number of rotatable bonds is 9. The van der Waals surface area contributed by atoms with Crippen molar-refractivity contribution in [1.82, 2.24) is 16.2 Å². The van der Waals surface area contributed by atoms with E-state index in [1.807, 2.05) is 12.3 Å². The lowest BCUT2D eigenvalue weighted by atomic mass is 10.2. The molecule has 0 saturated carbocycles. The molecule has 2 aromatic rings. The maximum Gasteiger partial charge on any atom is 0.279 e. The fourth-order valence-corrected chi connectivity index (χ4v) is 3.17. The van der Waals surface area contributed by atoms with Gasteiger partial charge in [0.1, 0.15) is 11.8 Å². The van der Waals surface area contributed by atoms with Crippen molar-refractivity contribution in [2.75, 3.05) is 18.6 Å². The lowest BCUT2D eigenvalue weighted by Crippen LogP contribution is -2.53. The van der Waals surface area contributed by atoms with Gasteiger partial charge in [0.2, 0.25) is 0 Å². The van der Waals surface area contributed by atoms with E-state index in [2.05, 4.69) is 16.2 Å². The van der Waals surface area contributed by atoms with Crippen LogP contribution in [-0.4, -0.2) is 42.4 Å². The Kier molecular flexibility index (Phi) is 8.66. The van der Waals surface area contributed by atoms with Crippen LogP contribution in [-0.2, 0) is 9.59 Å². The van der Waals surface area contributed by atoms with Gasteiger partial charge in [0.05, 0.1) is 4.88 Å². The van der Waals surface area contributed by atoms with Crippen LogP contribution in [0.5, 0.6) is 5.75 Å². The summed E-state index contributed by atoms with van der Waals surface area (Å²) in [7, 11) is 0. The lowest BCUT2D eigenvalue weighted by molar-refractivity contribution is -0.130. The Morgan fingerprint density at radius 3 is 2.56 bits per heavy atom. The first-order valence-corrected chi connectivity index (χ1v) is 10.5. The number of carbonyl (C=O) groups is 3. The zero-order valence-electron chi connectivity index (χ0n) is 14.8. The number of thioether (sulfide) groups is 1. The van der Waals surface area contributed by atoms with E-state index in [0.29, 0.717) is 22.8 Å². The molecule has 27 heavy (non-hydrogen) atoms. The van der Waals surface area contributed by atoms with Crippen molar-refractivity contribution in [3.05, 3.63) is 52.7 Å². The summed E-state index contributed by atoms with van der Waals surface area (Å²) >= 11 is 2.83. The number of thiophene rings is 1. The van der Waals surface area contributed by atoms with Crippen LogP contribution < -0.4 is 20.9 Å². The molecule has 7 nitrogen and oxygen atoms in total. The fraction of sp³-hybridized carbons (Fsp3) is 0.278. The molecule has 0 saturated heterocycles. The van der Waals surface area contributed by atoms with Crippen LogP contribution in [0, 0.1) is 0 Å². The molecule has 0 fully saturated rings. The third-order valence-corrected chi connectivity index (χ3v) is 4.93. The molecule has 3 N–H and O–H groups in total. The van der Waals surface area contributed by atoms with Gasteiger partial charge in [-0.15, -0.1) is 11.3 Å². The van der Waals surface area contributed by atoms with Gasteiger partial charge in [-0.25, -0.2) is 0 Å². The lowest BCUT2D eigenvalue weighted by Gasteiger charge is -2.18. The van der Waals surface area contributed by atoms with Gasteiger partial charge < -0.3 is 10.1 Å². The van der Waals surface area contributed by atoms with Crippen molar-refractivity contribution >= 4 is 40.8 Å². The number of amides is 3. The van der Waals surface area contributed by atoms with Gasteiger partial charge in [-0.1, -0.05) is 24.3 Å². The number of ether oxygens (including phenoxy) is 1. The third kappa shape index (κ3) is 7.32. The summed E-state index contributed by atoms with van der Waals surface area (Å²) in [6.07, 6.45) is 2.34. The number of hydrazine groups is 1. The minimum Gasteiger partial charge on any atom is -0.484 e. The molecular formula is C18H21N3O4S2. The summed E-state index contributed by atoms with van der Waals surface area (Å²) < 4.78 is 5.38. The Morgan fingerprint density at radius 2 is 1.89 bits per heavy atom. The first kappa shape index (κ1) is 20.8. The number of hydrogen-bond acceptors (Lipinski definition) is 6. The van der Waals surface area contributed by atoms with Gasteiger partial charge in [0.15, 0.2) is 6.61 Å². The second-order valence-corrected chi connectivity index (χ2v) is 7.36. The third-order valence-electron chi connectivity index (χ3n) is 3.42. The minimum atomic E-state index is -0.770. The van der Waals surface area contributed by atoms with Crippen LogP contribution in [0.25, 0.3) is 0 Å². The molecule has 0 aliphatic rings. The van der Waals surface area contributed by atoms with Gasteiger partial charge in [-0.2, -0.15) is 11.8 Å². The molecule has 9 heteroatoms. The summed E-state index contributed by atoms with van der Waals surface area (Å²) in [4.78, 5) is 36.8. The van der Waals surface area contributed by atoms with Crippen LogP contribution in [0.15, 0.2) is 47.8 Å². The zero-order valence-corrected chi connectivity index (χ0v) is 16.4. The molecular weight excluding hydrogens is 386 g/mol. The molecule has 0 aliphatic heterocycles. The molecule has 1 aromatic carbocycles. The molecule has 144 valence electrons. The zero-order chi connectivity index (χ0) is 19.5. The molecule has 0 unspecified atom stereocenters. The largest absolute Gasteiger partial charge is 0.484 e. The summed E-state index contributed by atoms with van der Waals surface area (Å²) in [6.45, 7) is -0.200. The van der Waals surface area contributed by atoms with E-state index in [0.717, 1.165) is 0 Å². The average molecular weight is 408 g/mol. The number of nitrogens with one attached hydrogen (secondary N) is 3. The second-order valence-electron chi connectivity index (χ2n) is 5.42. The number of hydrogen-bond donors (Lipinski definition) is 3. The Morgan fingerprint density at radius 1 is 1.11 bits per heavy atom. The normalized spacial score (nSPS) is 11.3. The van der Waals surface area contributed by atoms with E-state index >= 15 is 0 Å². The van der Waals surface area contributed by atoms with E-state index in [1.54, 1.807) is 53.5 Å². The summed E-state index contributed by atoms with van der Waals surface area (Å²) in [5, 5.41) is 4.41. The predicted molar refractivity (Wildman–Crippen MR) is 107 cm³/mol. The summed E-state index contributed by atoms with van der Waals surface area (Å²) in [5.41, 5.74) is 4.72. The van der Waals surface area contributed by atoms with Gasteiger partial charge >= 0.3 is 0 Å². The van der Waals surface area contributed by atoms with E-state index in [9.17, 15) is 14.4 Å². The van der Waals surface area contributed by atoms with Crippen molar-refractivity contribution in [1.29, 1.82) is 0 Å². The highest BCUT2D eigenvalue weighted by Gasteiger charge is 2.21. The average Bonchev–Trinajstić information content (AvgIpc) is 3.23. The van der Waals surface area contributed by atoms with Crippen LogP contribution in [0.1, 0.15) is 16.1 Å². The smallest absolute Gasteiger partial charge is 0.279 e. The van der Waals surface area contributed by atoms with Gasteiger partial charge in [-0.3, -0.25) is 25.2 Å². The Balaban J connectivity index is 1.83. The maximum absolute atomic E-state index is 12.3. The number of para-hydroxylation sites is 1. The number of carbonyl (C=O) groups excluding carboxylic acids is 3. The van der Waals surface area contributed by atoms with Crippen LogP contribution >= 0.6 is 23.1 Å². The quantitative estimate of drug-likeness (QED) is 0.551. The minimum absolute atomic E-state index is 0.200.